The Labute approximate surface area is 199 Å². The number of carbonyl (C=O) groups excluding carboxylic acids is 1. The zero-order chi connectivity index (χ0) is 23.2. The first kappa shape index (κ1) is 23.5. The molecule has 1 amide bonds. The van der Waals surface area contributed by atoms with Crippen molar-refractivity contribution in [1.29, 1.82) is 0 Å². The number of nitrogens with one attached hydrogen (secondary N) is 1. The number of aryl methyl sites for hydroxylation is 2. The van der Waals surface area contributed by atoms with Crippen molar-refractivity contribution in [1.82, 2.24) is 30.0 Å². The lowest BCUT2D eigenvalue weighted by atomic mass is 10.0. The maximum Gasteiger partial charge on any atom is 0.273 e. The molecule has 1 atom stereocenters. The van der Waals surface area contributed by atoms with Crippen LogP contribution in [0.25, 0.3) is 5.69 Å². The van der Waals surface area contributed by atoms with Gasteiger partial charge in [0.15, 0.2) is 10.9 Å². The van der Waals surface area contributed by atoms with Crippen molar-refractivity contribution < 1.29 is 9.21 Å². The van der Waals surface area contributed by atoms with Crippen LogP contribution >= 0.6 is 11.8 Å². The zero-order valence-corrected chi connectivity index (χ0v) is 20.4. The second kappa shape index (κ2) is 11.0. The van der Waals surface area contributed by atoms with E-state index < -0.39 is 0 Å². The third-order valence-electron chi connectivity index (χ3n) is 6.01. The molecule has 1 N–H and O–H groups in total. The van der Waals surface area contributed by atoms with Crippen LogP contribution in [0.4, 0.5) is 0 Å². The maximum absolute atomic E-state index is 12.4. The van der Waals surface area contributed by atoms with E-state index in [2.05, 4.69) is 51.4 Å². The van der Waals surface area contributed by atoms with Crippen molar-refractivity contribution in [2.24, 2.45) is 0 Å². The van der Waals surface area contributed by atoms with E-state index in [1.54, 1.807) is 0 Å². The summed E-state index contributed by atoms with van der Waals surface area (Å²) in [5.74, 6) is 1.57. The van der Waals surface area contributed by atoms with E-state index in [0.717, 1.165) is 36.2 Å². The summed E-state index contributed by atoms with van der Waals surface area (Å²) < 4.78 is 7.55. The summed E-state index contributed by atoms with van der Waals surface area (Å²) in [6.45, 7) is 9.09. The fraction of sp³-hybridized carbons (Fsp3) is 0.500. The summed E-state index contributed by atoms with van der Waals surface area (Å²) in [5, 5.41) is 12.2. The Morgan fingerprint density at radius 3 is 2.97 bits per heavy atom. The number of oxazole rings is 1. The molecule has 176 valence electrons. The fourth-order valence-electron chi connectivity index (χ4n) is 4.17. The van der Waals surface area contributed by atoms with E-state index in [1.807, 2.05) is 23.6 Å². The van der Waals surface area contributed by atoms with E-state index >= 15 is 0 Å². The largest absolute Gasteiger partial charge is 0.447 e. The van der Waals surface area contributed by atoms with Crippen molar-refractivity contribution in [3.05, 3.63) is 53.5 Å². The fourth-order valence-corrected chi connectivity index (χ4v) is 5.02. The van der Waals surface area contributed by atoms with Gasteiger partial charge in [0.1, 0.15) is 12.1 Å². The quantitative estimate of drug-likeness (QED) is 0.373. The van der Waals surface area contributed by atoms with Crippen molar-refractivity contribution in [3.8, 4) is 5.69 Å². The van der Waals surface area contributed by atoms with E-state index in [0.29, 0.717) is 29.9 Å². The van der Waals surface area contributed by atoms with Crippen LogP contribution in [0.15, 0.2) is 40.1 Å². The molecule has 4 rings (SSSR count). The molecule has 0 saturated carbocycles. The van der Waals surface area contributed by atoms with Gasteiger partial charge in [0.25, 0.3) is 5.91 Å². The van der Waals surface area contributed by atoms with E-state index in [1.165, 1.54) is 42.9 Å². The van der Waals surface area contributed by atoms with Gasteiger partial charge in [0.2, 0.25) is 5.89 Å². The number of carbonyl (C=O) groups is 1. The average Bonchev–Trinajstić information content (AvgIpc) is 3.43. The number of benzene rings is 1. The van der Waals surface area contributed by atoms with Crippen LogP contribution in [-0.4, -0.2) is 56.2 Å². The number of amides is 1. The Morgan fingerprint density at radius 1 is 1.27 bits per heavy atom. The predicted octanol–water partition coefficient (Wildman–Crippen LogP) is 4.16. The molecule has 3 heterocycles. The van der Waals surface area contributed by atoms with Crippen molar-refractivity contribution in [2.75, 3.05) is 19.6 Å². The highest BCUT2D eigenvalue weighted by molar-refractivity contribution is 7.98. The summed E-state index contributed by atoms with van der Waals surface area (Å²) in [5.41, 5.74) is 2.50. The number of aromatic nitrogens is 4. The van der Waals surface area contributed by atoms with Crippen LogP contribution in [0.3, 0.4) is 0 Å². The SMILES string of the molecule is Cc1cccc(-n2c(C)nnc2SCc2nc(C(=O)NCCCN3CCCCC3C)co2)c1. The molecular weight excluding hydrogens is 436 g/mol. The lowest BCUT2D eigenvalue weighted by Gasteiger charge is -2.33. The summed E-state index contributed by atoms with van der Waals surface area (Å²) in [7, 11) is 0. The minimum atomic E-state index is -0.194. The molecule has 1 aromatic carbocycles. The topological polar surface area (TPSA) is 89.1 Å². The number of piperidine rings is 1. The van der Waals surface area contributed by atoms with Gasteiger partial charge in [-0.1, -0.05) is 30.3 Å². The molecule has 3 aromatic rings. The van der Waals surface area contributed by atoms with Gasteiger partial charge in [0.05, 0.1) is 5.75 Å². The first-order valence-corrected chi connectivity index (χ1v) is 12.6. The molecule has 0 spiro atoms. The Balaban J connectivity index is 1.27. The van der Waals surface area contributed by atoms with Gasteiger partial charge in [-0.3, -0.25) is 9.36 Å². The van der Waals surface area contributed by atoms with E-state index in [-0.39, 0.29) is 5.91 Å². The van der Waals surface area contributed by atoms with Gasteiger partial charge in [-0.15, -0.1) is 10.2 Å². The monoisotopic (exact) mass is 468 g/mol. The molecule has 9 heteroatoms. The molecule has 1 unspecified atom stereocenters. The Kier molecular flexibility index (Phi) is 7.82. The lowest BCUT2D eigenvalue weighted by Crippen LogP contribution is -2.39. The summed E-state index contributed by atoms with van der Waals surface area (Å²) in [4.78, 5) is 19.3. The van der Waals surface area contributed by atoms with Crippen LogP contribution in [-0.2, 0) is 5.75 Å². The summed E-state index contributed by atoms with van der Waals surface area (Å²) >= 11 is 1.48. The van der Waals surface area contributed by atoms with Crippen LogP contribution in [0, 0.1) is 13.8 Å². The van der Waals surface area contributed by atoms with E-state index in [4.69, 9.17) is 4.42 Å². The molecule has 0 aliphatic carbocycles. The van der Waals surface area contributed by atoms with Crippen molar-refractivity contribution >= 4 is 17.7 Å². The third kappa shape index (κ3) is 6.03. The van der Waals surface area contributed by atoms with E-state index in [9.17, 15) is 4.79 Å². The zero-order valence-electron chi connectivity index (χ0n) is 19.6. The smallest absolute Gasteiger partial charge is 0.273 e. The number of hydrogen-bond acceptors (Lipinski definition) is 7. The highest BCUT2D eigenvalue weighted by Crippen LogP contribution is 2.25. The molecule has 8 nitrogen and oxygen atoms in total. The molecule has 1 aliphatic rings. The predicted molar refractivity (Wildman–Crippen MR) is 129 cm³/mol. The first-order chi connectivity index (χ1) is 16.0. The minimum absolute atomic E-state index is 0.194. The molecule has 0 bridgehead atoms. The van der Waals surface area contributed by atoms with Crippen LogP contribution in [0.5, 0.6) is 0 Å². The minimum Gasteiger partial charge on any atom is -0.447 e. The average molecular weight is 469 g/mol. The van der Waals surface area contributed by atoms with Crippen molar-refractivity contribution in [2.45, 2.75) is 63.4 Å². The second-order valence-corrected chi connectivity index (χ2v) is 9.55. The standard InChI is InChI=1S/C24H32N6O2S/c1-17-8-6-10-20(14-17)30-19(3)27-28-24(30)33-16-22-26-21(15-32-22)23(31)25-11-7-13-29-12-5-4-9-18(29)2/h6,8,10,14-15,18H,4-5,7,9,11-13,16H2,1-3H3,(H,25,31). The highest BCUT2D eigenvalue weighted by Gasteiger charge is 2.18. The summed E-state index contributed by atoms with van der Waals surface area (Å²) in [6, 6.07) is 8.85. The summed E-state index contributed by atoms with van der Waals surface area (Å²) in [6.07, 6.45) is 6.23. The Morgan fingerprint density at radius 2 is 2.15 bits per heavy atom. The van der Waals surface area contributed by atoms with Crippen LogP contribution < -0.4 is 5.32 Å². The van der Waals surface area contributed by atoms with Gasteiger partial charge in [0, 0.05) is 24.8 Å². The van der Waals surface area contributed by atoms with Gasteiger partial charge >= 0.3 is 0 Å². The molecule has 1 saturated heterocycles. The molecule has 2 aromatic heterocycles. The molecule has 33 heavy (non-hydrogen) atoms. The van der Waals surface area contributed by atoms with Gasteiger partial charge < -0.3 is 14.6 Å². The van der Waals surface area contributed by atoms with Gasteiger partial charge in [-0.25, -0.2) is 4.98 Å². The first-order valence-electron chi connectivity index (χ1n) is 11.6. The van der Waals surface area contributed by atoms with Gasteiger partial charge in [-0.2, -0.15) is 0 Å². The molecule has 1 fully saturated rings. The molecule has 0 radical (unpaired) electrons. The molecular formula is C24H32N6O2S. The normalized spacial score (nSPS) is 16.8. The number of nitrogens with zero attached hydrogens (tertiary/aromatic N) is 5. The third-order valence-corrected chi connectivity index (χ3v) is 6.93. The highest BCUT2D eigenvalue weighted by atomic mass is 32.2. The number of likely N-dealkylation sites (tertiary alicyclic amines) is 1. The van der Waals surface area contributed by atoms with Crippen molar-refractivity contribution in [3.63, 3.8) is 0 Å². The van der Waals surface area contributed by atoms with Gasteiger partial charge in [-0.05, 0) is 64.3 Å². The lowest BCUT2D eigenvalue weighted by molar-refractivity contribution is 0.0944. The second-order valence-electron chi connectivity index (χ2n) is 8.61. The van der Waals surface area contributed by atoms with Crippen LogP contribution in [0.1, 0.15) is 60.4 Å². The molecule has 1 aliphatic heterocycles. The number of rotatable bonds is 9. The Hall–Kier alpha value is -2.65. The number of thioether (sulfide) groups is 1. The maximum atomic E-state index is 12.4. The van der Waals surface area contributed by atoms with Crippen LogP contribution in [0.2, 0.25) is 0 Å². The number of hydrogen-bond donors (Lipinski definition) is 1. The Bertz CT molecular complexity index is 1080.